The molecule has 0 radical (unpaired) electrons. The van der Waals surface area contributed by atoms with Crippen LogP contribution in [-0.2, 0) is 21.6 Å². The Balaban J connectivity index is 1.88. The number of nitriles is 1. The average molecular weight is 337 g/mol. The number of hydrogen-bond donors (Lipinski definition) is 0. The summed E-state index contributed by atoms with van der Waals surface area (Å²) >= 11 is 0. The van der Waals surface area contributed by atoms with Crippen LogP contribution < -0.4 is 4.74 Å². The van der Waals surface area contributed by atoms with E-state index in [1.807, 2.05) is 30.3 Å². The summed E-state index contributed by atoms with van der Waals surface area (Å²) in [5.74, 6) is 0.208. The van der Waals surface area contributed by atoms with E-state index in [4.69, 9.17) is 14.7 Å². The maximum atomic E-state index is 12.1. The number of hydrogen-bond acceptors (Lipinski definition) is 4. The summed E-state index contributed by atoms with van der Waals surface area (Å²) in [5, 5.41) is 8.77. The number of carbonyl (C=O) groups excluding carboxylic acids is 1. The first-order chi connectivity index (χ1) is 11.8. The summed E-state index contributed by atoms with van der Waals surface area (Å²) in [7, 11) is 0. The van der Waals surface area contributed by atoms with Crippen molar-refractivity contribution in [3.63, 3.8) is 0 Å². The molecule has 4 nitrogen and oxygen atoms in total. The Morgan fingerprint density at radius 2 is 1.68 bits per heavy atom. The predicted octanol–water partition coefficient (Wildman–Crippen LogP) is 4.37. The summed E-state index contributed by atoms with van der Waals surface area (Å²) in [6.45, 7) is 8.25. The predicted molar refractivity (Wildman–Crippen MR) is 96.2 cm³/mol. The van der Waals surface area contributed by atoms with E-state index in [1.165, 1.54) is 5.56 Å². The van der Waals surface area contributed by atoms with Gasteiger partial charge in [-0.2, -0.15) is 5.26 Å². The molecule has 0 unspecified atom stereocenters. The third-order valence-corrected chi connectivity index (χ3v) is 3.83. The monoisotopic (exact) mass is 337 g/mol. The van der Waals surface area contributed by atoms with Crippen molar-refractivity contribution in [3.05, 3.63) is 65.2 Å². The Bertz CT molecular complexity index is 750. The summed E-state index contributed by atoms with van der Waals surface area (Å²) in [5.41, 5.74) is 2.68. The fourth-order valence-corrected chi connectivity index (χ4v) is 2.23. The summed E-state index contributed by atoms with van der Waals surface area (Å²) in [6.07, 6.45) is -0.695. The van der Waals surface area contributed by atoms with Crippen molar-refractivity contribution in [1.82, 2.24) is 0 Å². The molecule has 0 spiro atoms. The highest BCUT2D eigenvalue weighted by molar-refractivity contribution is 5.74. The molecule has 0 saturated carbocycles. The van der Waals surface area contributed by atoms with E-state index in [9.17, 15) is 4.79 Å². The molecule has 0 heterocycles. The van der Waals surface area contributed by atoms with E-state index in [0.717, 1.165) is 5.56 Å². The minimum absolute atomic E-state index is 0.0736. The second-order valence-corrected chi connectivity index (χ2v) is 6.95. The van der Waals surface area contributed by atoms with E-state index in [0.29, 0.717) is 11.3 Å². The lowest BCUT2D eigenvalue weighted by Gasteiger charge is -2.20. The molecular formula is C21H23NO3. The standard InChI is InChI=1S/C21H23NO3/c1-15(25-19-11-9-18(10-12-19)21(2,3)4)20(23)24-14-17-7-5-16(13-22)6-8-17/h5-12,15H,14H2,1-4H3/t15-/m0/s1. The van der Waals surface area contributed by atoms with Crippen molar-refractivity contribution < 1.29 is 14.3 Å². The molecule has 0 bridgehead atoms. The molecule has 2 aromatic rings. The molecule has 0 saturated heterocycles. The molecule has 4 heteroatoms. The molecule has 2 rings (SSSR count). The first-order valence-electron chi connectivity index (χ1n) is 8.22. The van der Waals surface area contributed by atoms with Crippen LogP contribution in [0.5, 0.6) is 5.75 Å². The van der Waals surface area contributed by atoms with Crippen molar-refractivity contribution in [2.24, 2.45) is 0 Å². The molecule has 130 valence electrons. The Morgan fingerprint density at radius 1 is 1.08 bits per heavy atom. The van der Waals surface area contributed by atoms with Crippen LogP contribution in [0.1, 0.15) is 44.4 Å². The first-order valence-corrected chi connectivity index (χ1v) is 8.22. The summed E-state index contributed by atoms with van der Waals surface area (Å²) in [6, 6.07) is 16.7. The van der Waals surface area contributed by atoms with Crippen molar-refractivity contribution >= 4 is 5.97 Å². The molecule has 0 aliphatic rings. The molecule has 0 aliphatic carbocycles. The normalized spacial score (nSPS) is 12.1. The number of ether oxygens (including phenoxy) is 2. The Kier molecular flexibility index (Phi) is 5.82. The molecule has 0 N–H and O–H groups in total. The second-order valence-electron chi connectivity index (χ2n) is 6.95. The van der Waals surface area contributed by atoms with Crippen molar-refractivity contribution in [1.29, 1.82) is 5.26 Å². The van der Waals surface area contributed by atoms with Crippen molar-refractivity contribution in [2.75, 3.05) is 0 Å². The maximum absolute atomic E-state index is 12.1. The van der Waals surface area contributed by atoms with Gasteiger partial charge in [-0.15, -0.1) is 0 Å². The lowest BCUT2D eigenvalue weighted by atomic mass is 9.87. The zero-order valence-corrected chi connectivity index (χ0v) is 15.1. The number of nitrogens with zero attached hydrogens (tertiary/aromatic N) is 1. The van der Waals surface area contributed by atoms with Crippen LogP contribution in [0.2, 0.25) is 0 Å². The highest BCUT2D eigenvalue weighted by atomic mass is 16.6. The van der Waals surface area contributed by atoms with Crippen LogP contribution in [-0.4, -0.2) is 12.1 Å². The molecule has 25 heavy (non-hydrogen) atoms. The van der Waals surface area contributed by atoms with E-state index >= 15 is 0 Å². The van der Waals surface area contributed by atoms with Crippen LogP contribution >= 0.6 is 0 Å². The second kappa shape index (κ2) is 7.85. The largest absolute Gasteiger partial charge is 0.479 e. The topological polar surface area (TPSA) is 59.3 Å². The fraction of sp³-hybridized carbons (Fsp3) is 0.333. The van der Waals surface area contributed by atoms with Gasteiger partial charge in [0.1, 0.15) is 12.4 Å². The van der Waals surface area contributed by atoms with Gasteiger partial charge in [-0.1, -0.05) is 45.0 Å². The van der Waals surface area contributed by atoms with Crippen LogP contribution in [0.3, 0.4) is 0 Å². The van der Waals surface area contributed by atoms with E-state index in [2.05, 4.69) is 20.8 Å². The number of esters is 1. The highest BCUT2D eigenvalue weighted by Crippen LogP contribution is 2.24. The smallest absolute Gasteiger partial charge is 0.347 e. The zero-order valence-electron chi connectivity index (χ0n) is 15.1. The van der Waals surface area contributed by atoms with E-state index in [-0.39, 0.29) is 12.0 Å². The van der Waals surface area contributed by atoms with Crippen LogP contribution in [0.25, 0.3) is 0 Å². The fourth-order valence-electron chi connectivity index (χ4n) is 2.23. The van der Waals surface area contributed by atoms with Crippen molar-refractivity contribution in [3.8, 4) is 11.8 Å². The van der Waals surface area contributed by atoms with Crippen LogP contribution in [0.15, 0.2) is 48.5 Å². The Labute approximate surface area is 149 Å². The number of benzene rings is 2. The number of rotatable bonds is 5. The van der Waals surface area contributed by atoms with Crippen molar-refractivity contribution in [2.45, 2.75) is 45.8 Å². The SMILES string of the molecule is C[C@H](Oc1ccc(C(C)(C)C)cc1)C(=O)OCc1ccc(C#N)cc1. The van der Waals surface area contributed by atoms with Crippen LogP contribution in [0, 0.1) is 11.3 Å². The minimum Gasteiger partial charge on any atom is -0.479 e. The van der Waals surface area contributed by atoms with Crippen LogP contribution in [0.4, 0.5) is 0 Å². The molecule has 0 aliphatic heterocycles. The summed E-state index contributed by atoms with van der Waals surface area (Å²) < 4.78 is 10.9. The molecule has 2 aromatic carbocycles. The third-order valence-electron chi connectivity index (χ3n) is 3.83. The Morgan fingerprint density at radius 3 is 2.20 bits per heavy atom. The molecule has 0 fully saturated rings. The van der Waals surface area contributed by atoms with Gasteiger partial charge in [-0.3, -0.25) is 0 Å². The lowest BCUT2D eigenvalue weighted by molar-refractivity contribution is -0.152. The van der Waals surface area contributed by atoms with Gasteiger partial charge in [0, 0.05) is 0 Å². The third kappa shape index (κ3) is 5.36. The van der Waals surface area contributed by atoms with Gasteiger partial charge >= 0.3 is 5.97 Å². The van der Waals surface area contributed by atoms with Gasteiger partial charge in [0.15, 0.2) is 6.10 Å². The van der Waals surface area contributed by atoms with Gasteiger partial charge in [0.2, 0.25) is 0 Å². The maximum Gasteiger partial charge on any atom is 0.347 e. The minimum atomic E-state index is -0.695. The quantitative estimate of drug-likeness (QED) is 0.760. The molecular weight excluding hydrogens is 314 g/mol. The first kappa shape index (κ1) is 18.5. The molecule has 0 amide bonds. The van der Waals surface area contributed by atoms with Gasteiger partial charge in [0.25, 0.3) is 0 Å². The number of carbonyl (C=O) groups is 1. The van der Waals surface area contributed by atoms with E-state index in [1.54, 1.807) is 31.2 Å². The van der Waals surface area contributed by atoms with E-state index < -0.39 is 12.1 Å². The molecule has 0 aromatic heterocycles. The Hall–Kier alpha value is -2.80. The van der Waals surface area contributed by atoms with Gasteiger partial charge in [0.05, 0.1) is 11.6 Å². The van der Waals surface area contributed by atoms with Gasteiger partial charge in [-0.25, -0.2) is 4.79 Å². The van der Waals surface area contributed by atoms with Gasteiger partial charge in [-0.05, 0) is 47.7 Å². The average Bonchev–Trinajstić information content (AvgIpc) is 2.59. The molecule has 1 atom stereocenters. The lowest BCUT2D eigenvalue weighted by Crippen LogP contribution is -2.26. The van der Waals surface area contributed by atoms with Gasteiger partial charge < -0.3 is 9.47 Å². The zero-order chi connectivity index (χ0) is 18.4. The highest BCUT2D eigenvalue weighted by Gasteiger charge is 2.18. The summed E-state index contributed by atoms with van der Waals surface area (Å²) in [4.78, 5) is 12.1.